The molecule has 9 nitrogen and oxygen atoms in total. The average Bonchev–Trinajstić information content (AvgIpc) is 3.22. The molecule has 1 heterocycles. The fourth-order valence-electron chi connectivity index (χ4n) is 2.69. The highest BCUT2D eigenvalue weighted by Gasteiger charge is 2.15. The van der Waals surface area contributed by atoms with Crippen LogP contribution in [0.15, 0.2) is 48.7 Å². The Bertz CT molecular complexity index is 1070. The summed E-state index contributed by atoms with van der Waals surface area (Å²) >= 11 is 0. The van der Waals surface area contributed by atoms with Gasteiger partial charge < -0.3 is 24.6 Å². The lowest BCUT2D eigenvalue weighted by Crippen LogP contribution is -2.18. The van der Waals surface area contributed by atoms with Gasteiger partial charge in [0.15, 0.2) is 11.6 Å². The number of amides is 1. The van der Waals surface area contributed by atoms with Gasteiger partial charge >= 0.3 is 5.97 Å². The van der Waals surface area contributed by atoms with E-state index in [-0.39, 0.29) is 28.7 Å². The first-order valence-electron chi connectivity index (χ1n) is 9.18. The molecule has 0 saturated carbocycles. The molecule has 0 aliphatic rings. The second-order valence-corrected chi connectivity index (χ2v) is 6.55. The number of nitrogens with one attached hydrogen (secondary N) is 2. The molecule has 0 aliphatic heterocycles. The Labute approximate surface area is 176 Å². The maximum absolute atomic E-state index is 14.3. The molecule has 10 heteroatoms. The van der Waals surface area contributed by atoms with E-state index >= 15 is 0 Å². The quantitative estimate of drug-likeness (QED) is 0.474. The van der Waals surface area contributed by atoms with Gasteiger partial charge in [-0.2, -0.15) is 5.10 Å². The van der Waals surface area contributed by atoms with Gasteiger partial charge in [0.1, 0.15) is 23.4 Å². The molecule has 31 heavy (non-hydrogen) atoms. The van der Waals surface area contributed by atoms with Gasteiger partial charge in [-0.15, -0.1) is 0 Å². The van der Waals surface area contributed by atoms with Gasteiger partial charge in [0.25, 0.3) is 5.91 Å². The van der Waals surface area contributed by atoms with Gasteiger partial charge in [-0.25, -0.2) is 9.18 Å². The first-order valence-corrected chi connectivity index (χ1v) is 9.18. The highest BCUT2D eigenvalue weighted by atomic mass is 19.1. The molecule has 0 unspecified atom stereocenters. The average molecular weight is 429 g/mol. The van der Waals surface area contributed by atoms with Crippen LogP contribution in [-0.2, 0) is 4.74 Å². The van der Waals surface area contributed by atoms with Crippen LogP contribution in [0.3, 0.4) is 0 Å². The molecule has 1 atom stereocenters. The highest BCUT2D eigenvalue weighted by molar-refractivity contribution is 6.04. The summed E-state index contributed by atoms with van der Waals surface area (Å²) in [5.41, 5.74) is -0.0239. The van der Waals surface area contributed by atoms with Crippen molar-refractivity contribution in [2.45, 2.75) is 13.0 Å². The number of aromatic amines is 1. The second kappa shape index (κ2) is 9.72. The summed E-state index contributed by atoms with van der Waals surface area (Å²) in [5, 5.41) is 18.0. The molecule has 0 saturated heterocycles. The SMILES string of the molecule is COC[C@H](C)Oc1cc(Oc2ccc(C(=O)O)cc2F)cc(C(=O)Nc2ccn[nH]2)c1. The van der Waals surface area contributed by atoms with E-state index in [1.165, 1.54) is 43.6 Å². The number of H-pyrrole nitrogens is 1. The van der Waals surface area contributed by atoms with Crippen LogP contribution in [0.2, 0.25) is 0 Å². The number of carboxylic acids is 1. The van der Waals surface area contributed by atoms with Crippen molar-refractivity contribution >= 4 is 17.7 Å². The number of anilines is 1. The summed E-state index contributed by atoms with van der Waals surface area (Å²) in [7, 11) is 1.53. The second-order valence-electron chi connectivity index (χ2n) is 6.55. The third kappa shape index (κ3) is 5.80. The van der Waals surface area contributed by atoms with E-state index in [1.807, 2.05) is 0 Å². The number of hydrogen-bond acceptors (Lipinski definition) is 6. The third-order valence-corrected chi connectivity index (χ3v) is 4.04. The summed E-state index contributed by atoms with van der Waals surface area (Å²) in [5.74, 6) is -1.97. The molecule has 0 fully saturated rings. The van der Waals surface area contributed by atoms with E-state index in [1.54, 1.807) is 13.0 Å². The van der Waals surface area contributed by atoms with Gasteiger partial charge in [0, 0.05) is 24.8 Å². The molecule has 0 spiro atoms. The number of aromatic nitrogens is 2. The monoisotopic (exact) mass is 429 g/mol. The predicted molar refractivity (Wildman–Crippen MR) is 108 cm³/mol. The number of carbonyl (C=O) groups excluding carboxylic acids is 1. The zero-order valence-corrected chi connectivity index (χ0v) is 16.7. The van der Waals surface area contributed by atoms with Gasteiger partial charge in [-0.1, -0.05) is 0 Å². The van der Waals surface area contributed by atoms with E-state index in [2.05, 4.69) is 15.5 Å². The lowest BCUT2D eigenvalue weighted by atomic mass is 10.1. The van der Waals surface area contributed by atoms with Gasteiger partial charge in [-0.3, -0.25) is 9.89 Å². The summed E-state index contributed by atoms with van der Waals surface area (Å²) < 4.78 is 30.7. The van der Waals surface area contributed by atoms with Crippen LogP contribution in [0.1, 0.15) is 27.6 Å². The van der Waals surface area contributed by atoms with Crippen LogP contribution in [-0.4, -0.2) is 47.0 Å². The van der Waals surface area contributed by atoms with Crippen LogP contribution in [0, 0.1) is 5.82 Å². The standard InChI is InChI=1S/C21H20FN3O6/c1-12(11-29-2)30-15-7-14(20(26)24-19-5-6-23-25-19)8-16(10-15)31-18-4-3-13(21(27)28)9-17(18)22/h3-10,12H,11H2,1-2H3,(H,27,28)(H2,23,24,25,26)/t12-/m0/s1. The fourth-order valence-corrected chi connectivity index (χ4v) is 2.69. The number of halogens is 1. The van der Waals surface area contributed by atoms with Gasteiger partial charge in [0.2, 0.25) is 0 Å². The van der Waals surface area contributed by atoms with Crippen molar-refractivity contribution in [3.63, 3.8) is 0 Å². The van der Waals surface area contributed by atoms with Crippen molar-refractivity contribution in [3.05, 3.63) is 65.6 Å². The molecule has 1 aromatic heterocycles. The number of hydrogen-bond donors (Lipinski definition) is 3. The molecule has 2 aromatic carbocycles. The van der Waals surface area contributed by atoms with Crippen molar-refractivity contribution in [2.24, 2.45) is 0 Å². The Morgan fingerprint density at radius 2 is 1.94 bits per heavy atom. The molecule has 0 radical (unpaired) electrons. The zero-order valence-electron chi connectivity index (χ0n) is 16.7. The number of ether oxygens (including phenoxy) is 3. The predicted octanol–water partition coefficient (Wildman–Crippen LogP) is 3.71. The Morgan fingerprint density at radius 3 is 2.58 bits per heavy atom. The third-order valence-electron chi connectivity index (χ3n) is 4.04. The molecule has 3 rings (SSSR count). The lowest BCUT2D eigenvalue weighted by molar-refractivity contribution is 0.0696. The van der Waals surface area contributed by atoms with Crippen molar-refractivity contribution in [1.29, 1.82) is 0 Å². The maximum Gasteiger partial charge on any atom is 0.335 e. The number of benzene rings is 2. The Morgan fingerprint density at radius 1 is 1.16 bits per heavy atom. The highest BCUT2D eigenvalue weighted by Crippen LogP contribution is 2.30. The van der Waals surface area contributed by atoms with Gasteiger partial charge in [0.05, 0.1) is 18.4 Å². The molecular weight excluding hydrogens is 409 g/mol. The van der Waals surface area contributed by atoms with E-state index in [9.17, 15) is 14.0 Å². The molecule has 0 aliphatic carbocycles. The van der Waals surface area contributed by atoms with E-state index < -0.39 is 17.7 Å². The van der Waals surface area contributed by atoms with Crippen molar-refractivity contribution < 1.29 is 33.3 Å². The van der Waals surface area contributed by atoms with Gasteiger partial charge in [-0.05, 0) is 37.3 Å². The summed E-state index contributed by atoms with van der Waals surface area (Å²) in [4.78, 5) is 23.6. The Hall–Kier alpha value is -3.92. The van der Waals surface area contributed by atoms with Crippen molar-refractivity contribution in [3.8, 4) is 17.2 Å². The van der Waals surface area contributed by atoms with Crippen LogP contribution < -0.4 is 14.8 Å². The number of carbonyl (C=O) groups is 2. The molecule has 1 amide bonds. The molecule has 0 bridgehead atoms. The van der Waals surface area contributed by atoms with Crippen molar-refractivity contribution in [2.75, 3.05) is 19.0 Å². The van der Waals surface area contributed by atoms with Crippen LogP contribution >= 0.6 is 0 Å². The summed E-state index contributed by atoms with van der Waals surface area (Å²) in [6.45, 7) is 2.09. The fraction of sp³-hybridized carbons (Fsp3) is 0.190. The van der Waals surface area contributed by atoms with E-state index in [0.29, 0.717) is 18.2 Å². The van der Waals surface area contributed by atoms with Crippen LogP contribution in [0.5, 0.6) is 17.2 Å². The minimum atomic E-state index is -1.26. The molecule has 3 aromatic rings. The summed E-state index contributed by atoms with van der Waals surface area (Å²) in [6.07, 6.45) is 1.16. The minimum absolute atomic E-state index is 0.124. The Balaban J connectivity index is 1.90. The first kappa shape index (κ1) is 21.8. The first-order chi connectivity index (χ1) is 14.9. The van der Waals surface area contributed by atoms with Crippen LogP contribution in [0.25, 0.3) is 0 Å². The molecule has 162 valence electrons. The zero-order chi connectivity index (χ0) is 22.4. The number of carboxylic acid groups (broad SMARTS) is 1. The smallest absolute Gasteiger partial charge is 0.335 e. The minimum Gasteiger partial charge on any atom is -0.488 e. The molecular formula is C21H20FN3O6. The number of methoxy groups -OCH3 is 1. The lowest BCUT2D eigenvalue weighted by Gasteiger charge is -2.16. The molecule has 3 N–H and O–H groups in total. The summed E-state index contributed by atoms with van der Waals surface area (Å²) in [6, 6.07) is 9.25. The Kier molecular flexibility index (Phi) is 6.83. The largest absolute Gasteiger partial charge is 0.488 e. The van der Waals surface area contributed by atoms with Crippen molar-refractivity contribution in [1.82, 2.24) is 10.2 Å². The van der Waals surface area contributed by atoms with E-state index in [4.69, 9.17) is 19.3 Å². The normalized spacial score (nSPS) is 11.6. The van der Waals surface area contributed by atoms with Crippen LogP contribution in [0.4, 0.5) is 10.2 Å². The number of aromatic carboxylic acids is 1. The number of nitrogens with zero attached hydrogens (tertiary/aromatic N) is 1. The van der Waals surface area contributed by atoms with E-state index in [0.717, 1.165) is 6.07 Å². The maximum atomic E-state index is 14.3. The topological polar surface area (TPSA) is 123 Å². The number of rotatable bonds is 9.